The summed E-state index contributed by atoms with van der Waals surface area (Å²) in [4.78, 5) is 6.56. The average Bonchev–Trinajstić information content (AvgIpc) is 2.56. The number of unbranched alkanes of at least 4 members (excludes halogenated alkanes) is 1. The minimum absolute atomic E-state index is 0.0766. The topological polar surface area (TPSA) is 45.1 Å². The van der Waals surface area contributed by atoms with Crippen molar-refractivity contribution in [2.75, 3.05) is 13.2 Å². The van der Waals surface area contributed by atoms with Crippen LogP contribution in [0.25, 0.3) is 0 Å². The number of rotatable bonds is 8. The van der Waals surface area contributed by atoms with Gasteiger partial charge in [-0.1, -0.05) is 11.6 Å². The predicted molar refractivity (Wildman–Crippen MR) is 94.2 cm³/mol. The minimum atomic E-state index is -0.663. The van der Waals surface area contributed by atoms with Gasteiger partial charge < -0.3 is 14.7 Å². The number of aliphatic hydroxyl groups excluding tert-OH is 1. The summed E-state index contributed by atoms with van der Waals surface area (Å²) >= 11 is 6.29. The van der Waals surface area contributed by atoms with Crippen molar-refractivity contribution in [3.8, 4) is 0 Å². The van der Waals surface area contributed by atoms with Gasteiger partial charge in [-0.25, -0.2) is 8.78 Å². The Morgan fingerprint density at radius 3 is 2.72 bits per heavy atom. The minimum Gasteiger partial charge on any atom is -0.472 e. The number of hydrogen-bond acceptors (Lipinski definition) is 4. The number of aliphatic imine (C=N–C) groups is 1. The molecular weight excluding hydrogens is 350 g/mol. The molecule has 4 nitrogen and oxygen atoms in total. The summed E-state index contributed by atoms with van der Waals surface area (Å²) < 4.78 is 32.3. The lowest BCUT2D eigenvalue weighted by Gasteiger charge is -2.33. The van der Waals surface area contributed by atoms with E-state index in [-0.39, 0.29) is 30.7 Å². The molecule has 0 unspecified atom stereocenters. The normalized spacial score (nSPS) is 15.0. The van der Waals surface area contributed by atoms with E-state index in [1.807, 2.05) is 13.8 Å². The quantitative estimate of drug-likeness (QED) is 0.696. The third-order valence-electron chi connectivity index (χ3n) is 3.91. The lowest BCUT2D eigenvalue weighted by Crippen LogP contribution is -2.40. The molecule has 0 saturated carbocycles. The molecule has 0 aliphatic carbocycles. The van der Waals surface area contributed by atoms with E-state index >= 15 is 0 Å². The second kappa shape index (κ2) is 9.15. The highest BCUT2D eigenvalue weighted by Crippen LogP contribution is 2.25. The largest absolute Gasteiger partial charge is 0.472 e. The molecule has 0 fully saturated rings. The van der Waals surface area contributed by atoms with E-state index in [1.165, 1.54) is 12.1 Å². The standard InChI is InChI=1S/C18H23ClF2N2O2/c1-12(2)23-10-15(19)18(22-17(23)5-3-4-8-24)25-11-13-6-7-14(20)9-16(13)21/h6-7,9,12,24H,3-5,8,10-11H2,1-2H3. The van der Waals surface area contributed by atoms with E-state index in [9.17, 15) is 8.78 Å². The van der Waals surface area contributed by atoms with Crippen molar-refractivity contribution >= 4 is 17.4 Å². The molecule has 1 aromatic carbocycles. The van der Waals surface area contributed by atoms with E-state index in [0.29, 0.717) is 24.4 Å². The molecular formula is C18H23ClF2N2O2. The number of benzene rings is 1. The highest BCUT2D eigenvalue weighted by Gasteiger charge is 2.24. The van der Waals surface area contributed by atoms with Gasteiger partial charge in [0.25, 0.3) is 0 Å². The third kappa shape index (κ3) is 5.41. The number of amidine groups is 1. The maximum atomic E-state index is 13.7. The lowest BCUT2D eigenvalue weighted by atomic mass is 10.1. The van der Waals surface area contributed by atoms with Crippen LogP contribution in [0.2, 0.25) is 0 Å². The van der Waals surface area contributed by atoms with Crippen LogP contribution in [0.1, 0.15) is 38.7 Å². The summed E-state index contributed by atoms with van der Waals surface area (Å²) in [6.07, 6.45) is 2.19. The molecule has 25 heavy (non-hydrogen) atoms. The molecule has 138 valence electrons. The van der Waals surface area contributed by atoms with Crippen molar-refractivity contribution in [3.63, 3.8) is 0 Å². The van der Waals surface area contributed by atoms with Crippen molar-refractivity contribution in [2.24, 2.45) is 4.99 Å². The van der Waals surface area contributed by atoms with Crippen LogP contribution >= 0.6 is 11.6 Å². The van der Waals surface area contributed by atoms with Crippen molar-refractivity contribution in [3.05, 3.63) is 46.3 Å². The number of halogens is 3. The molecule has 0 atom stereocenters. The molecule has 1 aliphatic rings. The molecule has 0 spiro atoms. The summed E-state index contributed by atoms with van der Waals surface area (Å²) in [5.41, 5.74) is 0.238. The molecule has 1 aromatic rings. The fourth-order valence-electron chi connectivity index (χ4n) is 2.52. The Balaban J connectivity index is 2.11. The summed E-state index contributed by atoms with van der Waals surface area (Å²) in [5.74, 6) is -0.194. The first-order chi connectivity index (χ1) is 11.9. The Kier molecular flexibility index (Phi) is 7.20. The van der Waals surface area contributed by atoms with Gasteiger partial charge in [-0.05, 0) is 38.8 Å². The maximum Gasteiger partial charge on any atom is 0.232 e. The van der Waals surface area contributed by atoms with E-state index in [2.05, 4.69) is 9.89 Å². The highest BCUT2D eigenvalue weighted by atomic mass is 35.5. The van der Waals surface area contributed by atoms with Gasteiger partial charge in [0.05, 0.1) is 11.6 Å². The second-order valence-electron chi connectivity index (χ2n) is 6.16. The van der Waals surface area contributed by atoms with Gasteiger partial charge in [-0.3, -0.25) is 0 Å². The van der Waals surface area contributed by atoms with Crippen molar-refractivity contribution in [2.45, 2.75) is 45.8 Å². The zero-order valence-corrected chi connectivity index (χ0v) is 15.2. The first-order valence-electron chi connectivity index (χ1n) is 8.32. The van der Waals surface area contributed by atoms with Crippen LogP contribution in [-0.2, 0) is 11.3 Å². The van der Waals surface area contributed by atoms with Crippen LogP contribution in [0.3, 0.4) is 0 Å². The van der Waals surface area contributed by atoms with Crippen LogP contribution < -0.4 is 0 Å². The van der Waals surface area contributed by atoms with Crippen molar-refractivity contribution in [1.82, 2.24) is 4.90 Å². The van der Waals surface area contributed by atoms with Gasteiger partial charge in [0.2, 0.25) is 5.88 Å². The summed E-state index contributed by atoms with van der Waals surface area (Å²) in [7, 11) is 0. The number of aliphatic hydroxyl groups is 1. The van der Waals surface area contributed by atoms with Gasteiger partial charge in [0.1, 0.15) is 24.1 Å². The van der Waals surface area contributed by atoms with Crippen LogP contribution in [0.5, 0.6) is 0 Å². The van der Waals surface area contributed by atoms with Crippen LogP contribution in [0.4, 0.5) is 8.78 Å². The molecule has 0 aromatic heterocycles. The molecule has 1 heterocycles. The van der Waals surface area contributed by atoms with Crippen molar-refractivity contribution < 1.29 is 18.6 Å². The Morgan fingerprint density at radius 1 is 1.32 bits per heavy atom. The Labute approximate surface area is 151 Å². The second-order valence-corrected chi connectivity index (χ2v) is 6.62. The summed E-state index contributed by atoms with van der Waals surface area (Å²) in [6.45, 7) is 4.63. The van der Waals surface area contributed by atoms with E-state index in [0.717, 1.165) is 18.3 Å². The number of nitrogens with zero attached hydrogens (tertiary/aromatic N) is 2. The first kappa shape index (κ1) is 19.7. The molecule has 0 amide bonds. The maximum absolute atomic E-state index is 13.7. The highest BCUT2D eigenvalue weighted by molar-refractivity contribution is 6.30. The molecule has 2 rings (SSSR count). The van der Waals surface area contributed by atoms with Gasteiger partial charge >= 0.3 is 0 Å². The third-order valence-corrected chi connectivity index (χ3v) is 4.20. The van der Waals surface area contributed by atoms with Crippen LogP contribution in [-0.4, -0.2) is 35.0 Å². The zero-order valence-electron chi connectivity index (χ0n) is 14.4. The zero-order chi connectivity index (χ0) is 18.4. The molecule has 1 N–H and O–H groups in total. The van der Waals surface area contributed by atoms with E-state index in [4.69, 9.17) is 21.4 Å². The SMILES string of the molecule is CC(C)N1CC(Cl)=C(OCc2ccc(F)cc2F)N=C1CCCCO. The Bertz CT molecular complexity index is 662. The van der Waals surface area contributed by atoms with Crippen LogP contribution in [0.15, 0.2) is 34.1 Å². The fourth-order valence-corrected chi connectivity index (χ4v) is 2.75. The van der Waals surface area contributed by atoms with E-state index in [1.54, 1.807) is 0 Å². The van der Waals surface area contributed by atoms with Gasteiger partial charge in [-0.2, -0.15) is 4.99 Å². The summed E-state index contributed by atoms with van der Waals surface area (Å²) in [5, 5.41) is 9.40. The smallest absolute Gasteiger partial charge is 0.232 e. The van der Waals surface area contributed by atoms with Gasteiger partial charge in [0.15, 0.2) is 0 Å². The van der Waals surface area contributed by atoms with Crippen LogP contribution in [0, 0.1) is 11.6 Å². The molecule has 7 heteroatoms. The lowest BCUT2D eigenvalue weighted by molar-refractivity contribution is 0.184. The molecule has 0 saturated heterocycles. The number of hydrogen-bond donors (Lipinski definition) is 1. The number of ether oxygens (including phenoxy) is 1. The molecule has 0 radical (unpaired) electrons. The molecule has 1 aliphatic heterocycles. The predicted octanol–water partition coefficient (Wildman–Crippen LogP) is 4.17. The first-order valence-corrected chi connectivity index (χ1v) is 8.70. The molecule has 0 bridgehead atoms. The Morgan fingerprint density at radius 2 is 2.08 bits per heavy atom. The Hall–Kier alpha value is -1.66. The average molecular weight is 373 g/mol. The van der Waals surface area contributed by atoms with Crippen molar-refractivity contribution in [1.29, 1.82) is 0 Å². The van der Waals surface area contributed by atoms with Gasteiger partial charge in [-0.15, -0.1) is 0 Å². The fraction of sp³-hybridized carbons (Fsp3) is 0.500. The van der Waals surface area contributed by atoms with E-state index < -0.39 is 11.6 Å². The monoisotopic (exact) mass is 372 g/mol. The van der Waals surface area contributed by atoms with Gasteiger partial charge in [0, 0.05) is 30.7 Å². The summed E-state index contributed by atoms with van der Waals surface area (Å²) in [6, 6.07) is 3.56.